The lowest BCUT2D eigenvalue weighted by Gasteiger charge is -2.04. The number of nitrogens with zero attached hydrogens (tertiary/aromatic N) is 2. The lowest BCUT2D eigenvalue weighted by atomic mass is 10.2. The maximum atomic E-state index is 12.5. The van der Waals surface area contributed by atoms with Gasteiger partial charge in [-0.3, -0.25) is 9.20 Å². The average molecular weight is 363 g/mol. The molecule has 0 saturated carbocycles. The number of rotatable bonds is 5. The number of amides is 1. The Labute approximate surface area is 147 Å². The van der Waals surface area contributed by atoms with Gasteiger partial charge in [-0.25, -0.2) is 9.78 Å². The summed E-state index contributed by atoms with van der Waals surface area (Å²) >= 11 is 2.87. The summed E-state index contributed by atoms with van der Waals surface area (Å²) in [6, 6.07) is 1.77. The first-order valence-corrected chi connectivity index (χ1v) is 9.27. The van der Waals surface area contributed by atoms with E-state index in [-0.39, 0.29) is 5.91 Å². The molecule has 0 aliphatic heterocycles. The minimum Gasteiger partial charge on any atom is -0.462 e. The van der Waals surface area contributed by atoms with Crippen LogP contribution >= 0.6 is 22.7 Å². The van der Waals surface area contributed by atoms with Crippen molar-refractivity contribution in [2.75, 3.05) is 11.9 Å². The molecule has 0 aromatic carbocycles. The maximum Gasteiger partial charge on any atom is 0.341 e. The highest BCUT2D eigenvalue weighted by Crippen LogP contribution is 2.30. The molecule has 0 spiro atoms. The Morgan fingerprint density at radius 3 is 2.83 bits per heavy atom. The number of carbonyl (C=O) groups is 2. The minimum atomic E-state index is -0.426. The molecule has 126 valence electrons. The topological polar surface area (TPSA) is 72.7 Å². The SMILES string of the molecule is CCOC(=O)c1cc(CC)sc1NC(=O)c1cn2c(C)csc2n1. The van der Waals surface area contributed by atoms with Gasteiger partial charge in [0.25, 0.3) is 5.91 Å². The molecule has 1 amide bonds. The van der Waals surface area contributed by atoms with E-state index >= 15 is 0 Å². The number of hydrogen-bond donors (Lipinski definition) is 1. The summed E-state index contributed by atoms with van der Waals surface area (Å²) in [5, 5.41) is 5.28. The van der Waals surface area contributed by atoms with Crippen LogP contribution in [0.4, 0.5) is 5.00 Å². The number of anilines is 1. The number of fused-ring (bicyclic) bond motifs is 1. The molecule has 3 aromatic rings. The molecule has 8 heteroatoms. The first-order valence-electron chi connectivity index (χ1n) is 7.57. The first kappa shape index (κ1) is 16.7. The van der Waals surface area contributed by atoms with Crippen molar-refractivity contribution < 1.29 is 14.3 Å². The zero-order valence-electron chi connectivity index (χ0n) is 13.6. The zero-order valence-corrected chi connectivity index (χ0v) is 15.2. The lowest BCUT2D eigenvalue weighted by Crippen LogP contribution is -2.14. The number of thiazole rings is 1. The number of ether oxygens (including phenoxy) is 1. The summed E-state index contributed by atoms with van der Waals surface area (Å²) in [6.45, 7) is 6.00. The number of aryl methyl sites for hydroxylation is 2. The highest BCUT2D eigenvalue weighted by molar-refractivity contribution is 7.16. The molecule has 0 fully saturated rings. The Hall–Kier alpha value is -2.19. The molecule has 0 bridgehead atoms. The smallest absolute Gasteiger partial charge is 0.341 e. The Kier molecular flexibility index (Phi) is 4.68. The quantitative estimate of drug-likeness (QED) is 0.701. The summed E-state index contributed by atoms with van der Waals surface area (Å²) < 4.78 is 6.94. The number of aromatic nitrogens is 2. The van der Waals surface area contributed by atoms with Gasteiger partial charge in [0.1, 0.15) is 10.7 Å². The highest BCUT2D eigenvalue weighted by Gasteiger charge is 2.20. The zero-order chi connectivity index (χ0) is 17.3. The van der Waals surface area contributed by atoms with Crippen LogP contribution in [0.1, 0.15) is 45.3 Å². The van der Waals surface area contributed by atoms with Crippen LogP contribution < -0.4 is 5.32 Å². The third-order valence-corrected chi connectivity index (χ3v) is 5.63. The second kappa shape index (κ2) is 6.74. The van der Waals surface area contributed by atoms with Gasteiger partial charge < -0.3 is 10.1 Å². The van der Waals surface area contributed by atoms with Crippen LogP contribution in [0.25, 0.3) is 4.96 Å². The molecule has 24 heavy (non-hydrogen) atoms. The molecule has 0 saturated heterocycles. The molecule has 0 unspecified atom stereocenters. The van der Waals surface area contributed by atoms with E-state index in [9.17, 15) is 9.59 Å². The van der Waals surface area contributed by atoms with Gasteiger partial charge in [0.2, 0.25) is 0 Å². The molecule has 0 aliphatic rings. The molecule has 0 radical (unpaired) electrons. The van der Waals surface area contributed by atoms with E-state index in [0.29, 0.717) is 22.9 Å². The fourth-order valence-corrected chi connectivity index (χ4v) is 4.07. The number of esters is 1. The summed E-state index contributed by atoms with van der Waals surface area (Å²) in [5.41, 5.74) is 1.74. The van der Waals surface area contributed by atoms with Crippen LogP contribution in [0.5, 0.6) is 0 Å². The third-order valence-electron chi connectivity index (χ3n) is 3.48. The molecule has 1 N–H and O–H groups in total. The Bertz CT molecular complexity index is 907. The van der Waals surface area contributed by atoms with E-state index in [1.54, 1.807) is 19.2 Å². The average Bonchev–Trinajstić information content (AvgIpc) is 3.23. The standard InChI is InChI=1S/C16H17N3O3S2/c1-4-10-6-11(15(21)22-5-2)14(24-10)18-13(20)12-7-19-9(3)8-23-16(19)17-12/h6-8H,4-5H2,1-3H3,(H,18,20). The predicted molar refractivity (Wildman–Crippen MR) is 95.4 cm³/mol. The fraction of sp³-hybridized carbons (Fsp3) is 0.312. The van der Waals surface area contributed by atoms with Gasteiger partial charge in [0, 0.05) is 22.1 Å². The van der Waals surface area contributed by atoms with Gasteiger partial charge >= 0.3 is 5.97 Å². The summed E-state index contributed by atoms with van der Waals surface area (Å²) in [5.74, 6) is -0.759. The molecule has 0 aliphatic carbocycles. The molecule has 3 rings (SSSR count). The number of thiophene rings is 1. The molecular formula is C16H17N3O3S2. The number of hydrogen-bond acceptors (Lipinski definition) is 6. The number of carbonyl (C=O) groups excluding carboxylic acids is 2. The summed E-state index contributed by atoms with van der Waals surface area (Å²) in [4.78, 5) is 30.7. The van der Waals surface area contributed by atoms with Gasteiger partial charge in [-0.05, 0) is 26.3 Å². The molecule has 6 nitrogen and oxygen atoms in total. The van der Waals surface area contributed by atoms with E-state index in [0.717, 1.165) is 22.0 Å². The normalized spacial score (nSPS) is 11.0. The van der Waals surface area contributed by atoms with Gasteiger partial charge in [0.05, 0.1) is 12.2 Å². The van der Waals surface area contributed by atoms with Crippen molar-refractivity contribution in [1.82, 2.24) is 9.38 Å². The van der Waals surface area contributed by atoms with Gasteiger partial charge in [-0.2, -0.15) is 0 Å². The van der Waals surface area contributed by atoms with Crippen LogP contribution in [0, 0.1) is 6.92 Å². The Balaban J connectivity index is 1.87. The monoisotopic (exact) mass is 363 g/mol. The minimum absolute atomic E-state index is 0.292. The van der Waals surface area contributed by atoms with E-state index < -0.39 is 5.97 Å². The Morgan fingerprint density at radius 1 is 1.38 bits per heavy atom. The molecular weight excluding hydrogens is 346 g/mol. The van der Waals surface area contributed by atoms with Gasteiger partial charge in [-0.15, -0.1) is 22.7 Å². The fourth-order valence-electron chi connectivity index (χ4n) is 2.24. The van der Waals surface area contributed by atoms with Crippen molar-refractivity contribution in [3.05, 3.63) is 39.5 Å². The van der Waals surface area contributed by atoms with Crippen molar-refractivity contribution in [2.24, 2.45) is 0 Å². The van der Waals surface area contributed by atoms with Crippen molar-refractivity contribution in [3.63, 3.8) is 0 Å². The van der Waals surface area contributed by atoms with Crippen molar-refractivity contribution in [3.8, 4) is 0 Å². The van der Waals surface area contributed by atoms with Crippen molar-refractivity contribution in [1.29, 1.82) is 0 Å². The summed E-state index contributed by atoms with van der Waals surface area (Å²) in [6.07, 6.45) is 2.49. The van der Waals surface area contributed by atoms with Crippen LogP contribution in [-0.4, -0.2) is 27.9 Å². The predicted octanol–water partition coefficient (Wildman–Crippen LogP) is 3.76. The van der Waals surface area contributed by atoms with E-state index in [1.807, 2.05) is 23.6 Å². The number of imidazole rings is 1. The summed E-state index contributed by atoms with van der Waals surface area (Å²) in [7, 11) is 0. The third kappa shape index (κ3) is 3.07. The molecule has 0 atom stereocenters. The largest absolute Gasteiger partial charge is 0.462 e. The lowest BCUT2D eigenvalue weighted by molar-refractivity contribution is 0.0528. The van der Waals surface area contributed by atoms with Crippen LogP contribution in [0.15, 0.2) is 17.6 Å². The Morgan fingerprint density at radius 2 is 2.17 bits per heavy atom. The first-order chi connectivity index (χ1) is 11.5. The van der Waals surface area contributed by atoms with Crippen LogP contribution in [-0.2, 0) is 11.2 Å². The number of nitrogens with one attached hydrogen (secondary N) is 1. The highest BCUT2D eigenvalue weighted by atomic mass is 32.1. The van der Waals surface area contributed by atoms with Gasteiger partial charge in [0.15, 0.2) is 4.96 Å². The van der Waals surface area contributed by atoms with E-state index in [4.69, 9.17) is 4.74 Å². The maximum absolute atomic E-state index is 12.5. The van der Waals surface area contributed by atoms with E-state index in [1.165, 1.54) is 22.7 Å². The molecule has 3 heterocycles. The van der Waals surface area contributed by atoms with Crippen molar-refractivity contribution >= 4 is 44.5 Å². The van der Waals surface area contributed by atoms with Crippen LogP contribution in [0.3, 0.4) is 0 Å². The van der Waals surface area contributed by atoms with E-state index in [2.05, 4.69) is 10.3 Å². The second-order valence-corrected chi connectivity index (χ2v) is 7.11. The van der Waals surface area contributed by atoms with Crippen LogP contribution in [0.2, 0.25) is 0 Å². The van der Waals surface area contributed by atoms with Gasteiger partial charge in [-0.1, -0.05) is 6.92 Å². The second-order valence-electron chi connectivity index (χ2n) is 5.14. The van der Waals surface area contributed by atoms with Crippen molar-refractivity contribution in [2.45, 2.75) is 27.2 Å². The molecule has 3 aromatic heterocycles.